The number of rotatable bonds is 2. The molecule has 2 heterocycles. The van der Waals surface area contributed by atoms with Gasteiger partial charge in [0.2, 0.25) is 0 Å². The molecule has 4 rings (SSSR count). The Morgan fingerprint density at radius 1 is 1.27 bits per heavy atom. The van der Waals surface area contributed by atoms with Crippen LogP contribution in [0.3, 0.4) is 0 Å². The average molecular weight is 297 g/mol. The molecule has 0 saturated carbocycles. The fraction of sp³-hybridized carbons (Fsp3) is 0.312. The average Bonchev–Trinajstić information content (AvgIpc) is 3.12. The molecule has 2 aliphatic rings. The lowest BCUT2D eigenvalue weighted by Crippen LogP contribution is -2.47. The van der Waals surface area contributed by atoms with Crippen molar-refractivity contribution in [1.82, 2.24) is 15.4 Å². The number of carbonyl (C=O) groups excluding carboxylic acids is 2. The second-order valence-electron chi connectivity index (χ2n) is 5.96. The summed E-state index contributed by atoms with van der Waals surface area (Å²) in [5.74, 6) is 0.316. The van der Waals surface area contributed by atoms with E-state index >= 15 is 0 Å². The summed E-state index contributed by atoms with van der Waals surface area (Å²) in [4.78, 5) is 26.3. The Morgan fingerprint density at radius 2 is 1.95 bits per heavy atom. The second kappa shape index (κ2) is 4.43. The number of aryl methyl sites for hydroxylation is 1. The topological polar surface area (TPSA) is 75.4 Å². The van der Waals surface area contributed by atoms with Crippen LogP contribution in [0.15, 0.2) is 34.9 Å². The number of nitrogens with zero attached hydrogens (tertiary/aromatic N) is 2. The monoisotopic (exact) mass is 297 g/mol. The lowest BCUT2D eigenvalue weighted by molar-refractivity contribution is -0.131. The predicted molar refractivity (Wildman–Crippen MR) is 76.9 cm³/mol. The molecule has 0 radical (unpaired) electrons. The van der Waals surface area contributed by atoms with Gasteiger partial charge < -0.3 is 9.84 Å². The molecule has 1 aliphatic carbocycles. The van der Waals surface area contributed by atoms with E-state index in [0.29, 0.717) is 18.6 Å². The van der Waals surface area contributed by atoms with Crippen LogP contribution in [-0.2, 0) is 24.2 Å². The summed E-state index contributed by atoms with van der Waals surface area (Å²) in [5.41, 5.74) is 2.13. The van der Waals surface area contributed by atoms with Crippen LogP contribution < -0.4 is 5.32 Å². The van der Waals surface area contributed by atoms with E-state index in [-0.39, 0.29) is 18.5 Å². The maximum Gasteiger partial charge on any atom is 0.325 e. The lowest BCUT2D eigenvalue weighted by Gasteiger charge is -2.19. The van der Waals surface area contributed by atoms with E-state index < -0.39 is 5.54 Å². The van der Waals surface area contributed by atoms with Gasteiger partial charge in [0.05, 0.1) is 12.2 Å². The Kier molecular flexibility index (Phi) is 2.63. The van der Waals surface area contributed by atoms with Gasteiger partial charge >= 0.3 is 6.03 Å². The minimum absolute atomic E-state index is 0.115. The third-order valence-corrected chi connectivity index (χ3v) is 4.34. The van der Waals surface area contributed by atoms with Crippen molar-refractivity contribution in [3.05, 3.63) is 52.9 Å². The van der Waals surface area contributed by atoms with Crippen molar-refractivity contribution in [1.29, 1.82) is 0 Å². The Hall–Kier alpha value is -2.63. The molecular formula is C16H15N3O3. The van der Waals surface area contributed by atoms with Gasteiger partial charge in [-0.25, -0.2) is 4.79 Å². The number of benzene rings is 1. The molecule has 22 heavy (non-hydrogen) atoms. The number of imide groups is 1. The van der Waals surface area contributed by atoms with Crippen molar-refractivity contribution < 1.29 is 14.1 Å². The standard InChI is InChI=1S/C16H15N3O3/c1-10-6-13(22-18-10)9-19-14(20)16(17-15(19)21)7-11-4-2-3-5-12(11)8-16/h2-6H,7-9H2,1H3,(H,17,21). The third kappa shape index (κ3) is 1.83. The Morgan fingerprint density at radius 3 is 2.55 bits per heavy atom. The molecule has 0 atom stereocenters. The SMILES string of the molecule is Cc1cc(CN2C(=O)NC3(Cc4ccccc4C3)C2=O)on1. The van der Waals surface area contributed by atoms with E-state index in [1.807, 2.05) is 24.3 Å². The predicted octanol–water partition coefficient (Wildman–Crippen LogP) is 1.57. The van der Waals surface area contributed by atoms with Gasteiger partial charge in [0.1, 0.15) is 5.54 Å². The van der Waals surface area contributed by atoms with Crippen LogP contribution in [-0.4, -0.2) is 27.5 Å². The van der Waals surface area contributed by atoms with Crippen LogP contribution in [0.4, 0.5) is 4.79 Å². The van der Waals surface area contributed by atoms with E-state index in [0.717, 1.165) is 16.8 Å². The molecule has 1 aromatic heterocycles. The maximum absolute atomic E-state index is 12.8. The first-order chi connectivity index (χ1) is 10.6. The van der Waals surface area contributed by atoms with E-state index in [1.165, 1.54) is 4.90 Å². The molecule has 1 spiro atoms. The number of carbonyl (C=O) groups is 2. The van der Waals surface area contributed by atoms with Gasteiger partial charge in [-0.3, -0.25) is 9.69 Å². The Bertz CT molecular complexity index is 755. The van der Waals surface area contributed by atoms with Crippen LogP contribution in [0.1, 0.15) is 22.6 Å². The molecule has 3 amide bonds. The van der Waals surface area contributed by atoms with E-state index in [2.05, 4.69) is 10.5 Å². The first-order valence-corrected chi connectivity index (χ1v) is 7.20. The molecule has 112 valence electrons. The van der Waals surface area contributed by atoms with Gasteiger partial charge in [0, 0.05) is 18.9 Å². The quantitative estimate of drug-likeness (QED) is 0.854. The van der Waals surface area contributed by atoms with Gasteiger partial charge in [-0.1, -0.05) is 29.4 Å². The molecule has 6 heteroatoms. The summed E-state index contributed by atoms with van der Waals surface area (Å²) in [7, 11) is 0. The van der Waals surface area contributed by atoms with E-state index in [4.69, 9.17) is 4.52 Å². The normalized spacial score (nSPS) is 18.9. The second-order valence-corrected chi connectivity index (χ2v) is 5.96. The molecule has 1 saturated heterocycles. The summed E-state index contributed by atoms with van der Waals surface area (Å²) in [6, 6.07) is 9.28. The van der Waals surface area contributed by atoms with Gasteiger partial charge in [-0.05, 0) is 18.1 Å². The minimum Gasteiger partial charge on any atom is -0.359 e. The molecule has 2 aromatic rings. The molecular weight excluding hydrogens is 282 g/mol. The van der Waals surface area contributed by atoms with Gasteiger partial charge in [-0.15, -0.1) is 0 Å². The molecule has 1 aromatic carbocycles. The molecule has 0 unspecified atom stereocenters. The fourth-order valence-corrected chi connectivity index (χ4v) is 3.32. The highest BCUT2D eigenvalue weighted by Crippen LogP contribution is 2.35. The largest absolute Gasteiger partial charge is 0.359 e. The zero-order valence-corrected chi connectivity index (χ0v) is 12.1. The molecule has 1 aliphatic heterocycles. The fourth-order valence-electron chi connectivity index (χ4n) is 3.32. The molecule has 0 bridgehead atoms. The number of aromatic nitrogens is 1. The van der Waals surface area contributed by atoms with Gasteiger partial charge in [-0.2, -0.15) is 0 Å². The first kappa shape index (κ1) is 13.1. The molecule has 1 N–H and O–H groups in total. The number of nitrogens with one attached hydrogen (secondary N) is 1. The highest BCUT2D eigenvalue weighted by Gasteiger charge is 2.54. The zero-order valence-electron chi connectivity index (χ0n) is 12.1. The van der Waals surface area contributed by atoms with Crippen LogP contribution in [0.25, 0.3) is 0 Å². The van der Waals surface area contributed by atoms with E-state index in [1.54, 1.807) is 13.0 Å². The molecule has 1 fully saturated rings. The van der Waals surface area contributed by atoms with Crippen molar-refractivity contribution >= 4 is 11.9 Å². The van der Waals surface area contributed by atoms with Crippen LogP contribution >= 0.6 is 0 Å². The summed E-state index contributed by atoms with van der Waals surface area (Å²) in [6.07, 6.45) is 1.08. The minimum atomic E-state index is -0.837. The van der Waals surface area contributed by atoms with Gasteiger partial charge in [0.15, 0.2) is 5.76 Å². The third-order valence-electron chi connectivity index (χ3n) is 4.34. The van der Waals surface area contributed by atoms with Crippen LogP contribution in [0.5, 0.6) is 0 Å². The highest BCUT2D eigenvalue weighted by atomic mass is 16.5. The Balaban J connectivity index is 1.61. The van der Waals surface area contributed by atoms with Crippen molar-refractivity contribution in [2.24, 2.45) is 0 Å². The number of urea groups is 1. The smallest absolute Gasteiger partial charge is 0.325 e. The Labute approximate surface area is 127 Å². The van der Waals surface area contributed by atoms with Crippen molar-refractivity contribution in [2.45, 2.75) is 31.8 Å². The van der Waals surface area contributed by atoms with Crippen molar-refractivity contribution in [2.75, 3.05) is 0 Å². The lowest BCUT2D eigenvalue weighted by atomic mass is 9.96. The van der Waals surface area contributed by atoms with Crippen LogP contribution in [0.2, 0.25) is 0 Å². The highest BCUT2D eigenvalue weighted by molar-refractivity contribution is 6.07. The number of fused-ring (bicyclic) bond motifs is 1. The van der Waals surface area contributed by atoms with Gasteiger partial charge in [0.25, 0.3) is 5.91 Å². The maximum atomic E-state index is 12.8. The summed E-state index contributed by atoms with van der Waals surface area (Å²) in [6.45, 7) is 1.91. The zero-order chi connectivity index (χ0) is 15.3. The number of hydrogen-bond acceptors (Lipinski definition) is 4. The summed E-state index contributed by atoms with van der Waals surface area (Å²) in [5, 5.41) is 6.66. The molecule has 6 nitrogen and oxygen atoms in total. The summed E-state index contributed by atoms with van der Waals surface area (Å²) >= 11 is 0. The number of amides is 3. The van der Waals surface area contributed by atoms with Crippen molar-refractivity contribution in [3.63, 3.8) is 0 Å². The van der Waals surface area contributed by atoms with Crippen LogP contribution in [0, 0.1) is 6.92 Å². The van der Waals surface area contributed by atoms with Crippen molar-refractivity contribution in [3.8, 4) is 0 Å². The summed E-state index contributed by atoms with van der Waals surface area (Å²) < 4.78 is 5.11. The number of hydrogen-bond donors (Lipinski definition) is 1. The van der Waals surface area contributed by atoms with E-state index in [9.17, 15) is 9.59 Å². The first-order valence-electron chi connectivity index (χ1n) is 7.20.